The Labute approximate surface area is 119 Å². The van der Waals surface area contributed by atoms with Gasteiger partial charge in [-0.3, -0.25) is 4.79 Å². The molecule has 1 aromatic rings. The molecule has 2 rings (SSSR count). The molecule has 0 radical (unpaired) electrons. The molecule has 1 aliphatic carbocycles. The summed E-state index contributed by atoms with van der Waals surface area (Å²) in [6.45, 7) is 5.30. The lowest BCUT2D eigenvalue weighted by Crippen LogP contribution is -2.31. The van der Waals surface area contributed by atoms with Gasteiger partial charge in [0.25, 0.3) is 0 Å². The highest BCUT2D eigenvalue weighted by molar-refractivity contribution is 5.82. The standard InChI is InChI=1S/C15H22N2O3/c1-3-19-12-7-8-14(20-4-2)13(9-12)16-10-15(18)17-11-5-6-11/h7-9,11,16H,3-6,10H2,1-2H3,(H,17,18). The summed E-state index contributed by atoms with van der Waals surface area (Å²) < 4.78 is 11.0. The molecule has 5 heteroatoms. The first-order valence-corrected chi connectivity index (χ1v) is 7.15. The third-order valence-corrected chi connectivity index (χ3v) is 2.94. The normalized spacial score (nSPS) is 13.7. The average Bonchev–Trinajstić information content (AvgIpc) is 3.23. The Morgan fingerprint density at radius 1 is 1.25 bits per heavy atom. The van der Waals surface area contributed by atoms with Crippen LogP contribution in [0, 0.1) is 0 Å². The van der Waals surface area contributed by atoms with E-state index < -0.39 is 0 Å². The van der Waals surface area contributed by atoms with Crippen molar-refractivity contribution >= 4 is 11.6 Å². The second-order valence-corrected chi connectivity index (χ2v) is 4.72. The van der Waals surface area contributed by atoms with Crippen molar-refractivity contribution in [1.82, 2.24) is 5.32 Å². The maximum absolute atomic E-state index is 11.7. The molecule has 20 heavy (non-hydrogen) atoms. The summed E-state index contributed by atoms with van der Waals surface area (Å²) in [5, 5.41) is 6.05. The topological polar surface area (TPSA) is 59.6 Å². The quantitative estimate of drug-likeness (QED) is 0.765. The van der Waals surface area contributed by atoms with Crippen molar-refractivity contribution in [3.63, 3.8) is 0 Å². The highest BCUT2D eigenvalue weighted by atomic mass is 16.5. The Bertz CT molecular complexity index is 458. The third-order valence-electron chi connectivity index (χ3n) is 2.94. The predicted octanol–water partition coefficient (Wildman–Crippen LogP) is 2.17. The van der Waals surface area contributed by atoms with Crippen LogP contribution in [0.3, 0.4) is 0 Å². The highest BCUT2D eigenvalue weighted by Crippen LogP contribution is 2.29. The number of carbonyl (C=O) groups is 1. The van der Waals surface area contributed by atoms with Crippen LogP contribution in [0.1, 0.15) is 26.7 Å². The molecule has 0 spiro atoms. The number of benzene rings is 1. The molecule has 1 fully saturated rings. The van der Waals surface area contributed by atoms with Crippen LogP contribution in [0.2, 0.25) is 0 Å². The molecule has 0 atom stereocenters. The van der Waals surface area contributed by atoms with Crippen LogP contribution in [0.4, 0.5) is 5.69 Å². The monoisotopic (exact) mass is 278 g/mol. The molecule has 5 nitrogen and oxygen atoms in total. The molecule has 2 N–H and O–H groups in total. The largest absolute Gasteiger partial charge is 0.494 e. The van der Waals surface area contributed by atoms with E-state index in [2.05, 4.69) is 10.6 Å². The van der Waals surface area contributed by atoms with E-state index in [9.17, 15) is 4.79 Å². The maximum atomic E-state index is 11.7. The summed E-state index contributed by atoms with van der Waals surface area (Å²) in [7, 11) is 0. The molecule has 1 aliphatic rings. The van der Waals surface area contributed by atoms with Crippen molar-refractivity contribution < 1.29 is 14.3 Å². The van der Waals surface area contributed by atoms with E-state index >= 15 is 0 Å². The van der Waals surface area contributed by atoms with E-state index in [1.807, 2.05) is 32.0 Å². The molecule has 1 saturated carbocycles. The molecule has 110 valence electrons. The van der Waals surface area contributed by atoms with Crippen LogP contribution < -0.4 is 20.1 Å². The van der Waals surface area contributed by atoms with Crippen molar-refractivity contribution in [3.05, 3.63) is 18.2 Å². The SMILES string of the molecule is CCOc1ccc(OCC)c(NCC(=O)NC2CC2)c1. The van der Waals surface area contributed by atoms with E-state index in [4.69, 9.17) is 9.47 Å². The van der Waals surface area contributed by atoms with Gasteiger partial charge >= 0.3 is 0 Å². The highest BCUT2D eigenvalue weighted by Gasteiger charge is 2.23. The zero-order valence-corrected chi connectivity index (χ0v) is 12.1. The van der Waals surface area contributed by atoms with E-state index in [1.165, 1.54) is 0 Å². The van der Waals surface area contributed by atoms with Crippen LogP contribution in [-0.4, -0.2) is 31.7 Å². The summed E-state index contributed by atoms with van der Waals surface area (Å²) in [6.07, 6.45) is 2.19. The number of carbonyl (C=O) groups excluding carboxylic acids is 1. The van der Waals surface area contributed by atoms with E-state index in [1.54, 1.807) is 0 Å². The number of anilines is 1. The van der Waals surface area contributed by atoms with Crippen LogP contribution in [0.25, 0.3) is 0 Å². The van der Waals surface area contributed by atoms with Gasteiger partial charge in [0.2, 0.25) is 5.91 Å². The minimum Gasteiger partial charge on any atom is -0.494 e. The number of hydrogen-bond acceptors (Lipinski definition) is 4. The van der Waals surface area contributed by atoms with Gasteiger partial charge in [-0.2, -0.15) is 0 Å². The molecular weight excluding hydrogens is 256 g/mol. The summed E-state index contributed by atoms with van der Waals surface area (Å²) in [5.74, 6) is 1.51. The first-order valence-electron chi connectivity index (χ1n) is 7.15. The van der Waals surface area contributed by atoms with E-state index in [0.717, 1.165) is 30.0 Å². The van der Waals surface area contributed by atoms with Gasteiger partial charge in [0.1, 0.15) is 11.5 Å². The lowest BCUT2D eigenvalue weighted by Gasteiger charge is -2.14. The van der Waals surface area contributed by atoms with Crippen LogP contribution in [0.5, 0.6) is 11.5 Å². The summed E-state index contributed by atoms with van der Waals surface area (Å²) in [4.78, 5) is 11.7. The molecule has 0 bridgehead atoms. The first-order chi connectivity index (χ1) is 9.72. The minimum absolute atomic E-state index is 0.0109. The summed E-state index contributed by atoms with van der Waals surface area (Å²) in [5.41, 5.74) is 0.781. The Morgan fingerprint density at radius 3 is 2.65 bits per heavy atom. The molecule has 0 heterocycles. The maximum Gasteiger partial charge on any atom is 0.239 e. The number of rotatable bonds is 8. The van der Waals surface area contributed by atoms with Gasteiger partial charge in [0.15, 0.2) is 0 Å². The fraction of sp³-hybridized carbons (Fsp3) is 0.533. The second-order valence-electron chi connectivity index (χ2n) is 4.72. The number of ether oxygens (including phenoxy) is 2. The fourth-order valence-electron chi connectivity index (χ4n) is 1.87. The molecular formula is C15H22N2O3. The summed E-state index contributed by atoms with van der Waals surface area (Å²) in [6, 6.07) is 5.96. The van der Waals surface area contributed by atoms with Gasteiger partial charge in [-0.15, -0.1) is 0 Å². The Hall–Kier alpha value is -1.91. The summed E-state index contributed by atoms with van der Waals surface area (Å²) >= 11 is 0. The van der Waals surface area contributed by atoms with Crippen molar-refractivity contribution in [2.24, 2.45) is 0 Å². The van der Waals surface area contributed by atoms with Gasteiger partial charge in [0.05, 0.1) is 25.4 Å². The van der Waals surface area contributed by atoms with Gasteiger partial charge in [-0.05, 0) is 38.8 Å². The second kappa shape index (κ2) is 7.03. The third kappa shape index (κ3) is 4.33. The van der Waals surface area contributed by atoms with E-state index in [0.29, 0.717) is 19.3 Å². The molecule has 0 aliphatic heterocycles. The number of nitrogens with one attached hydrogen (secondary N) is 2. The van der Waals surface area contributed by atoms with Crippen molar-refractivity contribution in [1.29, 1.82) is 0 Å². The molecule has 1 aromatic carbocycles. The Kier molecular flexibility index (Phi) is 5.09. The van der Waals surface area contributed by atoms with Crippen molar-refractivity contribution in [3.8, 4) is 11.5 Å². The molecule has 0 unspecified atom stereocenters. The van der Waals surface area contributed by atoms with Gasteiger partial charge < -0.3 is 20.1 Å². The van der Waals surface area contributed by atoms with Crippen LogP contribution in [0.15, 0.2) is 18.2 Å². The Balaban J connectivity index is 1.97. The van der Waals surface area contributed by atoms with Gasteiger partial charge in [0, 0.05) is 12.1 Å². The first kappa shape index (κ1) is 14.5. The van der Waals surface area contributed by atoms with Crippen molar-refractivity contribution in [2.45, 2.75) is 32.7 Å². The molecule has 0 saturated heterocycles. The van der Waals surface area contributed by atoms with Gasteiger partial charge in [-0.25, -0.2) is 0 Å². The smallest absolute Gasteiger partial charge is 0.239 e. The fourth-order valence-corrected chi connectivity index (χ4v) is 1.87. The molecule has 0 aromatic heterocycles. The lowest BCUT2D eigenvalue weighted by molar-refractivity contribution is -0.119. The van der Waals surface area contributed by atoms with Crippen molar-refractivity contribution in [2.75, 3.05) is 25.1 Å². The zero-order chi connectivity index (χ0) is 14.4. The number of hydrogen-bond donors (Lipinski definition) is 2. The van der Waals surface area contributed by atoms with Crippen LogP contribution in [-0.2, 0) is 4.79 Å². The predicted molar refractivity (Wildman–Crippen MR) is 78.4 cm³/mol. The number of amides is 1. The van der Waals surface area contributed by atoms with E-state index in [-0.39, 0.29) is 12.5 Å². The lowest BCUT2D eigenvalue weighted by atomic mass is 10.2. The molecule has 1 amide bonds. The zero-order valence-electron chi connectivity index (χ0n) is 12.1. The average molecular weight is 278 g/mol. The van der Waals surface area contributed by atoms with Crippen LogP contribution >= 0.6 is 0 Å². The van der Waals surface area contributed by atoms with Gasteiger partial charge in [-0.1, -0.05) is 0 Å². The minimum atomic E-state index is 0.0109. The Morgan fingerprint density at radius 2 is 2.00 bits per heavy atom.